The van der Waals surface area contributed by atoms with E-state index in [4.69, 9.17) is 4.74 Å². The highest BCUT2D eigenvalue weighted by atomic mass is 19.2. The lowest BCUT2D eigenvalue weighted by Gasteiger charge is -2.31. The van der Waals surface area contributed by atoms with Crippen LogP contribution in [-0.2, 0) is 11.2 Å². The number of amides is 1. The molecule has 0 aliphatic carbocycles. The van der Waals surface area contributed by atoms with E-state index in [-0.39, 0.29) is 11.8 Å². The van der Waals surface area contributed by atoms with E-state index in [1.807, 2.05) is 6.07 Å². The van der Waals surface area contributed by atoms with Gasteiger partial charge in [0.05, 0.1) is 18.3 Å². The van der Waals surface area contributed by atoms with Crippen molar-refractivity contribution in [1.82, 2.24) is 14.9 Å². The van der Waals surface area contributed by atoms with Crippen molar-refractivity contribution in [2.24, 2.45) is 5.92 Å². The van der Waals surface area contributed by atoms with Gasteiger partial charge in [-0.15, -0.1) is 0 Å². The van der Waals surface area contributed by atoms with Crippen LogP contribution >= 0.6 is 0 Å². The first-order valence-electron chi connectivity index (χ1n) is 10.3. The highest BCUT2D eigenvalue weighted by Gasteiger charge is 2.25. The minimum atomic E-state index is -0.828. The van der Waals surface area contributed by atoms with Gasteiger partial charge in [0.1, 0.15) is 5.52 Å². The highest BCUT2D eigenvalue weighted by molar-refractivity contribution is 6.00. The standard InChI is InChI=1S/C23H24F2N4O2/c1-31-21-5-4-19-22(28-21)20(6-10-26-19)27-23(30)16-8-12-29(13-9-16)11-7-15-2-3-17(24)18(25)14-15/h2-6,10,14,16H,7-9,11-13H2,1H3,(H,26,27,30). The Morgan fingerprint density at radius 3 is 2.71 bits per heavy atom. The summed E-state index contributed by atoms with van der Waals surface area (Å²) in [5.74, 6) is -1.30. The number of nitrogens with zero attached hydrogens (tertiary/aromatic N) is 3. The molecule has 4 rings (SSSR count). The number of hydrogen-bond acceptors (Lipinski definition) is 5. The number of piperidine rings is 1. The Bertz CT molecular complexity index is 1080. The Morgan fingerprint density at radius 2 is 1.97 bits per heavy atom. The van der Waals surface area contributed by atoms with Crippen LogP contribution in [0.15, 0.2) is 42.6 Å². The molecule has 0 radical (unpaired) electrons. The van der Waals surface area contributed by atoms with Gasteiger partial charge in [-0.1, -0.05) is 6.07 Å². The van der Waals surface area contributed by atoms with Gasteiger partial charge in [-0.2, -0.15) is 0 Å². The molecule has 6 nitrogen and oxygen atoms in total. The number of hydrogen-bond donors (Lipinski definition) is 1. The fourth-order valence-electron chi connectivity index (χ4n) is 3.86. The molecule has 0 saturated carbocycles. The first-order valence-corrected chi connectivity index (χ1v) is 10.3. The van der Waals surface area contributed by atoms with Crippen molar-refractivity contribution < 1.29 is 18.3 Å². The topological polar surface area (TPSA) is 67.3 Å². The zero-order valence-corrected chi connectivity index (χ0v) is 17.3. The summed E-state index contributed by atoms with van der Waals surface area (Å²) in [6.07, 6.45) is 3.77. The third kappa shape index (κ3) is 4.96. The second kappa shape index (κ2) is 9.34. The van der Waals surface area contributed by atoms with Crippen molar-refractivity contribution in [3.8, 4) is 5.88 Å². The minimum absolute atomic E-state index is 0.0302. The average Bonchev–Trinajstić information content (AvgIpc) is 2.80. The second-order valence-electron chi connectivity index (χ2n) is 7.68. The fourth-order valence-corrected chi connectivity index (χ4v) is 3.86. The molecule has 8 heteroatoms. The van der Waals surface area contributed by atoms with E-state index < -0.39 is 11.6 Å². The summed E-state index contributed by atoms with van der Waals surface area (Å²) in [5, 5.41) is 3.00. The van der Waals surface area contributed by atoms with E-state index in [0.717, 1.165) is 44.1 Å². The molecule has 1 aliphatic heterocycles. The van der Waals surface area contributed by atoms with Crippen molar-refractivity contribution in [3.05, 3.63) is 59.8 Å². The highest BCUT2D eigenvalue weighted by Crippen LogP contribution is 2.25. The molecule has 0 unspecified atom stereocenters. The molecule has 2 aromatic heterocycles. The van der Waals surface area contributed by atoms with Crippen LogP contribution in [0.2, 0.25) is 0 Å². The molecule has 0 atom stereocenters. The van der Waals surface area contributed by atoms with Crippen LogP contribution in [0.3, 0.4) is 0 Å². The molecule has 1 aliphatic rings. The molecular weight excluding hydrogens is 402 g/mol. The molecule has 3 heterocycles. The third-order valence-electron chi connectivity index (χ3n) is 5.68. The lowest BCUT2D eigenvalue weighted by molar-refractivity contribution is -0.121. The van der Waals surface area contributed by atoms with Crippen molar-refractivity contribution in [1.29, 1.82) is 0 Å². The number of likely N-dealkylation sites (tertiary alicyclic amines) is 1. The van der Waals surface area contributed by atoms with Crippen LogP contribution in [0.1, 0.15) is 18.4 Å². The third-order valence-corrected chi connectivity index (χ3v) is 5.68. The van der Waals surface area contributed by atoms with Crippen molar-refractivity contribution in [2.75, 3.05) is 32.1 Å². The van der Waals surface area contributed by atoms with E-state index in [9.17, 15) is 13.6 Å². The number of carbonyl (C=O) groups excluding carboxylic acids is 1. The number of carbonyl (C=O) groups is 1. The second-order valence-corrected chi connectivity index (χ2v) is 7.68. The zero-order chi connectivity index (χ0) is 21.8. The summed E-state index contributed by atoms with van der Waals surface area (Å²) >= 11 is 0. The van der Waals surface area contributed by atoms with Crippen molar-refractivity contribution >= 4 is 22.6 Å². The largest absolute Gasteiger partial charge is 0.481 e. The van der Waals surface area contributed by atoms with Gasteiger partial charge in [0.2, 0.25) is 11.8 Å². The van der Waals surface area contributed by atoms with Gasteiger partial charge < -0.3 is 15.0 Å². The number of fused-ring (bicyclic) bond motifs is 1. The van der Waals surface area contributed by atoms with Crippen LogP contribution in [0.25, 0.3) is 11.0 Å². The van der Waals surface area contributed by atoms with Gasteiger partial charge in [-0.05, 0) is 62.2 Å². The fraction of sp³-hybridized carbons (Fsp3) is 0.348. The molecule has 1 saturated heterocycles. The van der Waals surface area contributed by atoms with Gasteiger partial charge in [-0.3, -0.25) is 9.78 Å². The maximum Gasteiger partial charge on any atom is 0.227 e. The smallest absolute Gasteiger partial charge is 0.227 e. The van der Waals surface area contributed by atoms with Crippen LogP contribution in [0.5, 0.6) is 5.88 Å². The zero-order valence-electron chi connectivity index (χ0n) is 17.3. The number of ether oxygens (including phenoxy) is 1. The Balaban J connectivity index is 1.32. The van der Waals surface area contributed by atoms with E-state index in [0.29, 0.717) is 29.0 Å². The Labute approximate surface area is 179 Å². The molecular formula is C23H24F2N4O2. The molecule has 0 bridgehead atoms. The van der Waals surface area contributed by atoms with E-state index in [1.54, 1.807) is 31.5 Å². The monoisotopic (exact) mass is 426 g/mol. The first-order chi connectivity index (χ1) is 15.0. The van der Waals surface area contributed by atoms with Gasteiger partial charge in [-0.25, -0.2) is 13.8 Å². The molecule has 1 fully saturated rings. The molecule has 1 N–H and O–H groups in total. The van der Waals surface area contributed by atoms with Gasteiger partial charge in [0.15, 0.2) is 11.6 Å². The molecule has 31 heavy (non-hydrogen) atoms. The number of pyridine rings is 2. The molecule has 0 spiro atoms. The van der Waals surface area contributed by atoms with Gasteiger partial charge in [0, 0.05) is 24.7 Å². The number of rotatable bonds is 6. The number of aromatic nitrogens is 2. The normalized spacial score (nSPS) is 15.2. The van der Waals surface area contributed by atoms with Crippen molar-refractivity contribution in [2.45, 2.75) is 19.3 Å². The number of halogens is 2. The lowest BCUT2D eigenvalue weighted by atomic mass is 9.95. The predicted molar refractivity (Wildman–Crippen MR) is 114 cm³/mol. The van der Waals surface area contributed by atoms with E-state index in [2.05, 4.69) is 20.2 Å². The summed E-state index contributed by atoms with van der Waals surface area (Å²) in [4.78, 5) is 23.8. The maximum absolute atomic E-state index is 13.4. The molecule has 162 valence electrons. The Kier molecular flexibility index (Phi) is 6.36. The number of benzene rings is 1. The van der Waals surface area contributed by atoms with Gasteiger partial charge >= 0.3 is 0 Å². The van der Waals surface area contributed by atoms with Crippen molar-refractivity contribution in [3.63, 3.8) is 0 Å². The molecule has 3 aromatic rings. The number of nitrogens with one attached hydrogen (secondary N) is 1. The Hall–Kier alpha value is -3.13. The van der Waals surface area contributed by atoms with Gasteiger partial charge in [0.25, 0.3) is 0 Å². The summed E-state index contributed by atoms with van der Waals surface area (Å²) in [7, 11) is 1.54. The maximum atomic E-state index is 13.4. The number of anilines is 1. The average molecular weight is 426 g/mol. The summed E-state index contributed by atoms with van der Waals surface area (Å²) in [6, 6.07) is 9.30. The Morgan fingerprint density at radius 1 is 1.16 bits per heavy atom. The van der Waals surface area contributed by atoms with Crippen LogP contribution < -0.4 is 10.1 Å². The summed E-state index contributed by atoms with van der Waals surface area (Å²) in [6.45, 7) is 2.31. The quantitative estimate of drug-likeness (QED) is 0.649. The van der Waals surface area contributed by atoms with Crippen LogP contribution in [-0.4, -0.2) is 47.5 Å². The first kappa shape index (κ1) is 21.1. The number of methoxy groups -OCH3 is 1. The molecule has 1 amide bonds. The lowest BCUT2D eigenvalue weighted by Crippen LogP contribution is -2.39. The summed E-state index contributed by atoms with van der Waals surface area (Å²) < 4.78 is 31.6. The van der Waals surface area contributed by atoms with Crippen LogP contribution in [0, 0.1) is 17.6 Å². The SMILES string of the molecule is COc1ccc2nccc(NC(=O)C3CCN(CCc4ccc(F)c(F)c4)CC3)c2n1. The van der Waals surface area contributed by atoms with E-state index in [1.165, 1.54) is 6.07 Å². The minimum Gasteiger partial charge on any atom is -0.481 e. The van der Waals surface area contributed by atoms with Crippen LogP contribution in [0.4, 0.5) is 14.5 Å². The predicted octanol–water partition coefficient (Wildman–Crippen LogP) is 3.81. The molecule has 1 aromatic carbocycles. The van der Waals surface area contributed by atoms with E-state index >= 15 is 0 Å². The summed E-state index contributed by atoms with van der Waals surface area (Å²) in [5.41, 5.74) is 2.67.